The first kappa shape index (κ1) is 28.7. The molecule has 1 N–H and O–H groups in total. The fraction of sp³-hybridized carbons (Fsp3) is 0.355. The van der Waals surface area contributed by atoms with Gasteiger partial charge in [0.2, 0.25) is 0 Å². The molecule has 43 heavy (non-hydrogen) atoms. The van der Waals surface area contributed by atoms with Gasteiger partial charge in [-0.15, -0.1) is 18.3 Å². The molecule has 0 saturated heterocycles. The molecule has 0 aliphatic carbocycles. The van der Waals surface area contributed by atoms with Crippen LogP contribution in [-0.4, -0.2) is 56.4 Å². The summed E-state index contributed by atoms with van der Waals surface area (Å²) in [7, 11) is 0. The van der Waals surface area contributed by atoms with E-state index in [-0.39, 0.29) is 25.1 Å². The maximum absolute atomic E-state index is 13.6. The molecule has 9 bridgehead atoms. The normalized spacial score (nSPS) is 17.5. The highest BCUT2D eigenvalue weighted by Gasteiger charge is 2.34. The summed E-state index contributed by atoms with van der Waals surface area (Å²) in [5, 5.41) is 18.5. The van der Waals surface area contributed by atoms with Crippen LogP contribution in [0.4, 0.5) is 13.2 Å². The smallest absolute Gasteiger partial charge is 0.481 e. The molecule has 0 radical (unpaired) electrons. The Hall–Kier alpha value is -4.45. The third kappa shape index (κ3) is 5.92. The lowest BCUT2D eigenvalue weighted by Gasteiger charge is -2.30. The third-order valence-electron chi connectivity index (χ3n) is 8.10. The molecular weight excluding hydrogens is 565 g/mol. The number of carbonyl (C=O) groups excluding carboxylic acids is 1. The second kappa shape index (κ2) is 11.3. The number of alkyl halides is 3. The number of ether oxygens (including phenoxy) is 2. The van der Waals surface area contributed by atoms with E-state index in [1.165, 1.54) is 17.0 Å². The van der Waals surface area contributed by atoms with Crippen molar-refractivity contribution in [2.24, 2.45) is 0 Å². The first-order chi connectivity index (χ1) is 20.6. The molecule has 12 heteroatoms. The lowest BCUT2D eigenvalue weighted by molar-refractivity contribution is -0.274. The molecule has 9 rings (SSSR count). The number of amides is 1. The van der Waals surface area contributed by atoms with Crippen LogP contribution in [0.2, 0.25) is 0 Å². The van der Waals surface area contributed by atoms with Crippen molar-refractivity contribution in [1.82, 2.24) is 19.9 Å². The summed E-state index contributed by atoms with van der Waals surface area (Å²) in [5.74, 6) is -2.62. The van der Waals surface area contributed by atoms with E-state index in [1.54, 1.807) is 10.7 Å². The van der Waals surface area contributed by atoms with Crippen LogP contribution in [-0.2, 0) is 35.6 Å². The molecule has 1 aromatic heterocycles. The number of aliphatic carboxylic acids is 1. The van der Waals surface area contributed by atoms with Gasteiger partial charge < -0.3 is 19.5 Å². The molecule has 9 nitrogen and oxygen atoms in total. The highest BCUT2D eigenvalue weighted by molar-refractivity contribution is 5.97. The number of nitrogens with zero attached hydrogens (tertiary/aromatic N) is 4. The third-order valence-corrected chi connectivity index (χ3v) is 8.10. The highest BCUT2D eigenvalue weighted by atomic mass is 19.4. The zero-order valence-corrected chi connectivity index (χ0v) is 23.4. The summed E-state index contributed by atoms with van der Waals surface area (Å²) in [6.07, 6.45) is -4.08. The fourth-order valence-electron chi connectivity index (χ4n) is 5.99. The molecule has 3 aromatic carbocycles. The van der Waals surface area contributed by atoms with E-state index in [0.717, 1.165) is 33.3 Å². The van der Waals surface area contributed by atoms with Crippen LogP contribution in [0.5, 0.6) is 5.75 Å². The maximum atomic E-state index is 13.6. The number of carbonyl (C=O) groups is 2. The van der Waals surface area contributed by atoms with E-state index in [0.29, 0.717) is 43.6 Å². The summed E-state index contributed by atoms with van der Waals surface area (Å²) in [6.45, 7) is 3.21. The van der Waals surface area contributed by atoms with Crippen LogP contribution in [0.15, 0.2) is 48.5 Å². The van der Waals surface area contributed by atoms with Crippen LogP contribution < -0.4 is 4.74 Å². The lowest BCUT2D eigenvalue weighted by Crippen LogP contribution is -2.36. The predicted molar refractivity (Wildman–Crippen MR) is 149 cm³/mol. The molecule has 6 heterocycles. The second-order valence-corrected chi connectivity index (χ2v) is 10.9. The van der Waals surface area contributed by atoms with Gasteiger partial charge in [-0.1, -0.05) is 35.5 Å². The van der Waals surface area contributed by atoms with Gasteiger partial charge in [-0.3, -0.25) is 9.59 Å². The number of rotatable bonds is 3. The number of hydrogen-bond acceptors (Lipinski definition) is 6. The Labute approximate surface area is 244 Å². The molecule has 224 valence electrons. The quantitative estimate of drug-likeness (QED) is 0.340. The minimum Gasteiger partial charge on any atom is -0.481 e. The lowest BCUT2D eigenvalue weighted by atomic mass is 9.83. The molecule has 1 amide bonds. The van der Waals surface area contributed by atoms with Gasteiger partial charge in [-0.25, -0.2) is 4.68 Å². The van der Waals surface area contributed by atoms with Crippen molar-refractivity contribution in [1.29, 1.82) is 0 Å². The van der Waals surface area contributed by atoms with Crippen molar-refractivity contribution >= 4 is 22.9 Å². The van der Waals surface area contributed by atoms with Gasteiger partial charge >= 0.3 is 12.3 Å². The molecule has 0 fully saturated rings. The zero-order chi connectivity index (χ0) is 30.3. The van der Waals surface area contributed by atoms with Crippen molar-refractivity contribution in [3.63, 3.8) is 0 Å². The highest BCUT2D eigenvalue weighted by Crippen LogP contribution is 2.36. The average molecular weight is 595 g/mol. The van der Waals surface area contributed by atoms with Crippen LogP contribution in [0.3, 0.4) is 0 Å². The Morgan fingerprint density at radius 2 is 1.95 bits per heavy atom. The van der Waals surface area contributed by atoms with E-state index >= 15 is 0 Å². The van der Waals surface area contributed by atoms with Crippen molar-refractivity contribution in [3.8, 4) is 5.75 Å². The number of aryl methyl sites for hydroxylation is 2. The Balaban J connectivity index is 1.44. The van der Waals surface area contributed by atoms with Crippen LogP contribution in [0.1, 0.15) is 62.5 Å². The van der Waals surface area contributed by atoms with E-state index in [4.69, 9.17) is 4.74 Å². The topological polar surface area (TPSA) is 107 Å². The van der Waals surface area contributed by atoms with Gasteiger partial charge in [-0.05, 0) is 71.3 Å². The number of benzene rings is 3. The van der Waals surface area contributed by atoms with Crippen LogP contribution >= 0.6 is 0 Å². The number of aromatic nitrogens is 3. The van der Waals surface area contributed by atoms with E-state index in [2.05, 4.69) is 15.0 Å². The summed E-state index contributed by atoms with van der Waals surface area (Å²) < 4.78 is 51.8. The van der Waals surface area contributed by atoms with Gasteiger partial charge in [0.05, 0.1) is 24.1 Å². The molecule has 1 atom stereocenters. The maximum Gasteiger partial charge on any atom is 0.573 e. The van der Waals surface area contributed by atoms with Gasteiger partial charge in [0.1, 0.15) is 11.3 Å². The monoisotopic (exact) mass is 594 g/mol. The van der Waals surface area contributed by atoms with Crippen LogP contribution in [0, 0.1) is 6.92 Å². The first-order valence-electron chi connectivity index (χ1n) is 14.0. The Bertz CT molecular complexity index is 1720. The van der Waals surface area contributed by atoms with Crippen molar-refractivity contribution < 1.29 is 37.3 Å². The number of carboxylic acid groups (broad SMARTS) is 1. The molecule has 0 spiro atoms. The fourth-order valence-corrected chi connectivity index (χ4v) is 5.99. The largest absolute Gasteiger partial charge is 0.573 e. The molecular formula is C31H29F3N4O5. The Kier molecular flexibility index (Phi) is 7.55. The molecule has 1 unspecified atom stereocenters. The van der Waals surface area contributed by atoms with Gasteiger partial charge in [0, 0.05) is 32.2 Å². The minimum atomic E-state index is -4.98. The number of halogens is 3. The Morgan fingerprint density at radius 1 is 1.12 bits per heavy atom. The minimum absolute atomic E-state index is 0.0358. The molecule has 5 aliphatic heterocycles. The number of hydrogen-bond donors (Lipinski definition) is 1. The first-order valence-corrected chi connectivity index (χ1v) is 14.0. The van der Waals surface area contributed by atoms with E-state index in [1.807, 2.05) is 37.3 Å². The van der Waals surface area contributed by atoms with Crippen molar-refractivity contribution in [2.75, 3.05) is 13.2 Å². The van der Waals surface area contributed by atoms with Crippen molar-refractivity contribution in [3.05, 3.63) is 87.5 Å². The van der Waals surface area contributed by atoms with Gasteiger partial charge in [-0.2, -0.15) is 0 Å². The summed E-state index contributed by atoms with van der Waals surface area (Å²) in [6, 6.07) is 13.7. The van der Waals surface area contributed by atoms with Gasteiger partial charge in [0.25, 0.3) is 5.91 Å². The van der Waals surface area contributed by atoms with Gasteiger partial charge in [0.15, 0.2) is 0 Å². The van der Waals surface area contributed by atoms with E-state index < -0.39 is 29.9 Å². The standard InChI is InChI=1S/C31H29F3N4O5/c1-18-23-7-8-26-29(18)35-36-38(26)10-2-12-42-17-19-3-6-24(27(13-19)43-31(32,33)34)30(41)37-11-9-20-4-5-21(14-22(20)16-37)25(23)15-28(39)40/h3-8,13-14,25H,2,9-12,15-17H2,1H3,(H,39,40). The Morgan fingerprint density at radius 3 is 2.74 bits per heavy atom. The SMILES string of the molecule is Cc1c2ccc3c1nnn3CCCOCc1ccc(c(OC(F)(F)F)c1)C(=O)N1CCc3ccc(cc3C1)C2CC(=O)O. The van der Waals surface area contributed by atoms with Crippen molar-refractivity contribution in [2.45, 2.75) is 58.2 Å². The second-order valence-electron chi connectivity index (χ2n) is 10.9. The molecule has 5 aliphatic rings. The summed E-state index contributed by atoms with van der Waals surface area (Å²) in [5.41, 5.74) is 5.96. The average Bonchev–Trinajstić information content (AvgIpc) is 3.38. The zero-order valence-electron chi connectivity index (χ0n) is 23.4. The summed E-state index contributed by atoms with van der Waals surface area (Å²) >= 11 is 0. The summed E-state index contributed by atoms with van der Waals surface area (Å²) in [4.78, 5) is 27.1. The molecule has 4 aromatic rings. The van der Waals surface area contributed by atoms with E-state index in [9.17, 15) is 27.9 Å². The predicted octanol–water partition coefficient (Wildman–Crippen LogP) is 5.36. The van der Waals surface area contributed by atoms with Crippen LogP contribution in [0.25, 0.3) is 11.0 Å². The molecule has 0 saturated carbocycles. The number of carboxylic acids is 1.